The molecule has 4 rings (SSSR count). The van der Waals surface area contributed by atoms with E-state index in [4.69, 9.17) is 15.6 Å². The molecule has 0 radical (unpaired) electrons. The Labute approximate surface area is 172 Å². The lowest BCUT2D eigenvalue weighted by Crippen LogP contribution is -2.28. The van der Waals surface area contributed by atoms with E-state index in [1.165, 1.54) is 5.56 Å². The summed E-state index contributed by atoms with van der Waals surface area (Å²) in [5.74, 6) is 1.38. The summed E-state index contributed by atoms with van der Waals surface area (Å²) in [5, 5.41) is 4.90. The fourth-order valence-electron chi connectivity index (χ4n) is 3.70. The lowest BCUT2D eigenvalue weighted by atomic mass is 10.1. The molecule has 1 aromatic heterocycles. The first-order valence-corrected chi connectivity index (χ1v) is 9.40. The third-order valence-corrected chi connectivity index (χ3v) is 5.31. The summed E-state index contributed by atoms with van der Waals surface area (Å²) in [5.41, 5.74) is 10.6. The van der Waals surface area contributed by atoms with Crippen molar-refractivity contribution < 1.29 is 4.74 Å². The van der Waals surface area contributed by atoms with Crippen molar-refractivity contribution >= 4 is 12.4 Å². The first-order valence-electron chi connectivity index (χ1n) is 9.40. The minimum absolute atomic E-state index is 0. The summed E-state index contributed by atoms with van der Waals surface area (Å²) in [6.07, 6.45) is 2.14. The summed E-state index contributed by atoms with van der Waals surface area (Å²) in [6.45, 7) is 5.04. The molecule has 28 heavy (non-hydrogen) atoms. The lowest BCUT2D eigenvalue weighted by molar-refractivity contribution is 0.319. The molecule has 2 N–H and O–H groups in total. The van der Waals surface area contributed by atoms with Crippen LogP contribution in [0.4, 0.5) is 0 Å². The molecular formula is C22H27ClN4O. The van der Waals surface area contributed by atoms with Gasteiger partial charge in [0.2, 0.25) is 0 Å². The minimum Gasteiger partial charge on any atom is -0.497 e. The van der Waals surface area contributed by atoms with Gasteiger partial charge in [-0.15, -0.1) is 12.4 Å². The standard InChI is InChI=1S/C22H26N4O.ClH/c1-16-12-25(15-21(16)23)13-18-14-26(19-6-4-3-5-7-19)24-22(18)17-8-10-20(27-2)11-9-17;/h3-11,14,16,21H,12-13,15,23H2,1-2H3;1H. The van der Waals surface area contributed by atoms with E-state index in [9.17, 15) is 0 Å². The maximum Gasteiger partial charge on any atom is 0.118 e. The van der Waals surface area contributed by atoms with Gasteiger partial charge in [0.1, 0.15) is 5.75 Å². The average molecular weight is 399 g/mol. The number of aromatic nitrogens is 2. The van der Waals surface area contributed by atoms with Crippen molar-refractivity contribution in [2.45, 2.75) is 19.5 Å². The second-order valence-electron chi connectivity index (χ2n) is 7.35. The van der Waals surface area contributed by atoms with Crippen LogP contribution >= 0.6 is 12.4 Å². The Bertz CT molecular complexity index is 885. The van der Waals surface area contributed by atoms with E-state index in [2.05, 4.69) is 42.3 Å². The average Bonchev–Trinajstić information content (AvgIpc) is 3.26. The van der Waals surface area contributed by atoms with Gasteiger partial charge in [-0.3, -0.25) is 4.90 Å². The number of nitrogens with zero attached hydrogens (tertiary/aromatic N) is 3. The van der Waals surface area contributed by atoms with E-state index in [1.54, 1.807) is 7.11 Å². The van der Waals surface area contributed by atoms with Crippen LogP contribution in [0.3, 0.4) is 0 Å². The summed E-state index contributed by atoms with van der Waals surface area (Å²) >= 11 is 0. The van der Waals surface area contributed by atoms with Crippen LogP contribution < -0.4 is 10.5 Å². The first-order chi connectivity index (χ1) is 13.1. The summed E-state index contributed by atoms with van der Waals surface area (Å²) in [4.78, 5) is 2.43. The van der Waals surface area contributed by atoms with E-state index in [0.717, 1.165) is 42.3 Å². The molecule has 0 spiro atoms. The number of methoxy groups -OCH3 is 1. The van der Waals surface area contributed by atoms with Crippen molar-refractivity contribution in [2.75, 3.05) is 20.2 Å². The molecule has 1 fully saturated rings. The Balaban J connectivity index is 0.00000225. The number of halogens is 1. The quantitative estimate of drug-likeness (QED) is 0.711. The number of para-hydroxylation sites is 1. The van der Waals surface area contributed by atoms with Gasteiger partial charge < -0.3 is 10.5 Å². The first kappa shape index (κ1) is 20.4. The zero-order valence-electron chi connectivity index (χ0n) is 16.3. The highest BCUT2D eigenvalue weighted by Gasteiger charge is 2.27. The fourth-order valence-corrected chi connectivity index (χ4v) is 3.70. The third kappa shape index (κ3) is 4.22. The van der Waals surface area contributed by atoms with Crippen molar-refractivity contribution in [2.24, 2.45) is 11.7 Å². The van der Waals surface area contributed by atoms with Crippen molar-refractivity contribution in [3.05, 3.63) is 66.4 Å². The summed E-state index contributed by atoms with van der Waals surface area (Å²) in [7, 11) is 1.68. The Morgan fingerprint density at radius 2 is 1.79 bits per heavy atom. The maximum absolute atomic E-state index is 6.22. The van der Waals surface area contributed by atoms with Crippen molar-refractivity contribution in [1.82, 2.24) is 14.7 Å². The normalized spacial score (nSPS) is 19.4. The van der Waals surface area contributed by atoms with Crippen molar-refractivity contribution in [3.8, 4) is 22.7 Å². The van der Waals surface area contributed by atoms with Gasteiger partial charge in [0.05, 0.1) is 18.5 Å². The molecule has 0 amide bonds. The number of hydrogen-bond acceptors (Lipinski definition) is 4. The van der Waals surface area contributed by atoms with Crippen LogP contribution in [0.15, 0.2) is 60.8 Å². The van der Waals surface area contributed by atoms with Crippen LogP contribution in [-0.2, 0) is 6.54 Å². The van der Waals surface area contributed by atoms with Gasteiger partial charge in [-0.05, 0) is 42.3 Å². The second-order valence-corrected chi connectivity index (χ2v) is 7.35. The Kier molecular flexibility index (Phi) is 6.39. The largest absolute Gasteiger partial charge is 0.497 e. The van der Waals surface area contributed by atoms with E-state index < -0.39 is 0 Å². The van der Waals surface area contributed by atoms with E-state index >= 15 is 0 Å². The number of ether oxygens (including phenoxy) is 1. The smallest absolute Gasteiger partial charge is 0.118 e. The predicted octanol–water partition coefficient (Wildman–Crippen LogP) is 3.75. The molecule has 1 aliphatic heterocycles. The molecule has 148 valence electrons. The number of hydrogen-bond donors (Lipinski definition) is 1. The molecule has 0 aliphatic carbocycles. The Morgan fingerprint density at radius 1 is 1.07 bits per heavy atom. The van der Waals surface area contributed by atoms with E-state index in [1.807, 2.05) is 35.0 Å². The molecule has 3 aromatic rings. The van der Waals surface area contributed by atoms with Crippen LogP contribution in [-0.4, -0.2) is 40.9 Å². The predicted molar refractivity (Wildman–Crippen MR) is 115 cm³/mol. The number of rotatable bonds is 5. The molecule has 0 saturated carbocycles. The van der Waals surface area contributed by atoms with Gasteiger partial charge in [0.25, 0.3) is 0 Å². The molecule has 0 bridgehead atoms. The van der Waals surface area contributed by atoms with Gasteiger partial charge in [-0.2, -0.15) is 5.10 Å². The number of benzene rings is 2. The molecule has 6 heteroatoms. The lowest BCUT2D eigenvalue weighted by Gasteiger charge is -2.15. The Morgan fingerprint density at radius 3 is 2.39 bits per heavy atom. The SMILES string of the molecule is COc1ccc(-c2nn(-c3ccccc3)cc2CN2CC(C)C(N)C2)cc1.Cl. The highest BCUT2D eigenvalue weighted by Crippen LogP contribution is 2.28. The summed E-state index contributed by atoms with van der Waals surface area (Å²) in [6, 6.07) is 18.6. The van der Waals surface area contributed by atoms with Gasteiger partial charge in [-0.1, -0.05) is 25.1 Å². The van der Waals surface area contributed by atoms with Crippen LogP contribution in [0.2, 0.25) is 0 Å². The van der Waals surface area contributed by atoms with Gasteiger partial charge >= 0.3 is 0 Å². The number of nitrogens with two attached hydrogens (primary N) is 1. The van der Waals surface area contributed by atoms with Crippen LogP contribution in [0, 0.1) is 5.92 Å². The molecule has 1 aliphatic rings. The van der Waals surface area contributed by atoms with Crippen molar-refractivity contribution in [3.63, 3.8) is 0 Å². The Hall–Kier alpha value is -2.34. The zero-order valence-corrected chi connectivity index (χ0v) is 17.1. The molecule has 2 heterocycles. The van der Waals surface area contributed by atoms with E-state index in [0.29, 0.717) is 5.92 Å². The highest BCUT2D eigenvalue weighted by molar-refractivity contribution is 5.85. The zero-order chi connectivity index (χ0) is 18.8. The van der Waals surface area contributed by atoms with Crippen LogP contribution in [0.25, 0.3) is 16.9 Å². The molecule has 2 aromatic carbocycles. The van der Waals surface area contributed by atoms with Gasteiger partial charge in [0, 0.05) is 43.0 Å². The monoisotopic (exact) mass is 398 g/mol. The number of likely N-dealkylation sites (tertiary alicyclic amines) is 1. The molecule has 2 unspecified atom stereocenters. The summed E-state index contributed by atoms with van der Waals surface area (Å²) < 4.78 is 7.26. The minimum atomic E-state index is 0. The van der Waals surface area contributed by atoms with E-state index in [-0.39, 0.29) is 18.4 Å². The molecule has 5 nitrogen and oxygen atoms in total. The van der Waals surface area contributed by atoms with Crippen molar-refractivity contribution in [1.29, 1.82) is 0 Å². The fraction of sp³-hybridized carbons (Fsp3) is 0.318. The third-order valence-electron chi connectivity index (χ3n) is 5.31. The second kappa shape index (κ2) is 8.78. The maximum atomic E-state index is 6.22. The van der Waals surface area contributed by atoms with Crippen LogP contribution in [0.5, 0.6) is 5.75 Å². The highest BCUT2D eigenvalue weighted by atomic mass is 35.5. The van der Waals surface area contributed by atoms with Gasteiger partial charge in [0.15, 0.2) is 0 Å². The molecule has 1 saturated heterocycles. The van der Waals surface area contributed by atoms with Crippen LogP contribution in [0.1, 0.15) is 12.5 Å². The topological polar surface area (TPSA) is 56.3 Å². The van der Waals surface area contributed by atoms with Gasteiger partial charge in [-0.25, -0.2) is 4.68 Å². The molecule has 2 atom stereocenters. The molecular weight excluding hydrogens is 372 g/mol.